The highest BCUT2D eigenvalue weighted by atomic mass is 16.3. The fourth-order valence-corrected chi connectivity index (χ4v) is 1.23. The molecular weight excluding hydrogens is 186 g/mol. The maximum Gasteiger partial charge on any atom is 0.118 e. The van der Waals surface area contributed by atoms with E-state index in [9.17, 15) is 0 Å². The van der Waals surface area contributed by atoms with Crippen molar-refractivity contribution in [2.24, 2.45) is 5.73 Å². The lowest BCUT2D eigenvalue weighted by Crippen LogP contribution is -1.93. The lowest BCUT2D eigenvalue weighted by Gasteiger charge is -1.99. The molecule has 0 aromatic carbocycles. The number of aryl methyl sites for hydroxylation is 1. The highest BCUT2D eigenvalue weighted by molar-refractivity contribution is 5.23. The summed E-state index contributed by atoms with van der Waals surface area (Å²) in [4.78, 5) is 0. The lowest BCUT2D eigenvalue weighted by molar-refractivity contribution is 0.481. The van der Waals surface area contributed by atoms with Gasteiger partial charge in [0.25, 0.3) is 0 Å². The highest BCUT2D eigenvalue weighted by Crippen LogP contribution is 2.22. The molecule has 2 nitrogen and oxygen atoms in total. The Labute approximate surface area is 93.9 Å². The van der Waals surface area contributed by atoms with E-state index in [4.69, 9.17) is 10.2 Å². The second-order valence-electron chi connectivity index (χ2n) is 3.08. The van der Waals surface area contributed by atoms with Crippen LogP contribution >= 0.6 is 0 Å². The van der Waals surface area contributed by atoms with E-state index < -0.39 is 0 Å². The Balaban J connectivity index is 0. The minimum absolute atomic E-state index is 0.494. The van der Waals surface area contributed by atoms with E-state index in [1.807, 2.05) is 26.8 Å². The fourth-order valence-electron chi connectivity index (χ4n) is 1.23. The summed E-state index contributed by atoms with van der Waals surface area (Å²) < 4.78 is 5.40. The zero-order valence-electron chi connectivity index (χ0n) is 10.5. The van der Waals surface area contributed by atoms with Crippen LogP contribution in [-0.4, -0.2) is 0 Å². The van der Waals surface area contributed by atoms with Crippen molar-refractivity contribution in [2.45, 2.75) is 47.1 Å². The van der Waals surface area contributed by atoms with Crippen molar-refractivity contribution < 1.29 is 4.42 Å². The van der Waals surface area contributed by atoms with Gasteiger partial charge in [0.1, 0.15) is 11.5 Å². The average molecular weight is 209 g/mol. The number of furan rings is 1. The van der Waals surface area contributed by atoms with E-state index in [0.717, 1.165) is 11.5 Å². The Morgan fingerprint density at radius 2 is 1.80 bits per heavy atom. The molecule has 0 unspecified atom stereocenters. The predicted octanol–water partition coefficient (Wildman–Crippen LogP) is 3.45. The first-order valence-corrected chi connectivity index (χ1v) is 5.27. The molecule has 2 heteroatoms. The van der Waals surface area contributed by atoms with E-state index in [-0.39, 0.29) is 0 Å². The van der Waals surface area contributed by atoms with Crippen molar-refractivity contribution in [1.29, 1.82) is 0 Å². The van der Waals surface area contributed by atoms with Crippen molar-refractivity contribution in [3.05, 3.63) is 23.2 Å². The number of terminal acetylenes is 1. The van der Waals surface area contributed by atoms with E-state index >= 15 is 0 Å². The molecule has 0 aliphatic carbocycles. The van der Waals surface area contributed by atoms with Crippen LogP contribution in [0.1, 0.15) is 50.7 Å². The highest BCUT2D eigenvalue weighted by Gasteiger charge is 2.08. The van der Waals surface area contributed by atoms with Crippen molar-refractivity contribution in [1.82, 2.24) is 0 Å². The molecule has 0 bridgehead atoms. The molecule has 0 aliphatic heterocycles. The molecule has 1 rings (SSSR count). The summed E-state index contributed by atoms with van der Waals surface area (Å²) in [5, 5.41) is 0. The number of hydrogen-bond donors (Lipinski definition) is 1. The van der Waals surface area contributed by atoms with Crippen LogP contribution in [0.25, 0.3) is 0 Å². The van der Waals surface area contributed by atoms with Gasteiger partial charge in [0.15, 0.2) is 0 Å². The number of hydrogen-bond acceptors (Lipinski definition) is 2. The molecule has 0 spiro atoms. The molecule has 0 amide bonds. The summed E-state index contributed by atoms with van der Waals surface area (Å²) in [5.74, 6) is 2.41. The van der Waals surface area contributed by atoms with Gasteiger partial charge in [-0.05, 0) is 24.5 Å². The molecule has 0 fully saturated rings. The van der Waals surface area contributed by atoms with Gasteiger partial charge in [-0.15, -0.1) is 12.8 Å². The van der Waals surface area contributed by atoms with Crippen molar-refractivity contribution in [3.63, 3.8) is 0 Å². The number of rotatable bonds is 2. The first-order valence-electron chi connectivity index (χ1n) is 5.27. The van der Waals surface area contributed by atoms with Gasteiger partial charge in [-0.25, -0.2) is 0 Å². The van der Waals surface area contributed by atoms with Gasteiger partial charge < -0.3 is 10.2 Å². The first-order chi connectivity index (χ1) is 7.15. The zero-order valence-corrected chi connectivity index (χ0v) is 10.5. The van der Waals surface area contributed by atoms with Crippen LogP contribution in [0.2, 0.25) is 0 Å². The Morgan fingerprint density at radius 3 is 2.00 bits per heavy atom. The average Bonchev–Trinajstić information content (AvgIpc) is 2.65. The largest absolute Gasteiger partial charge is 0.465 e. The maximum atomic E-state index is 5.44. The third kappa shape index (κ3) is 5.29. The Kier molecular flexibility index (Phi) is 10.1. The predicted molar refractivity (Wildman–Crippen MR) is 66.7 cm³/mol. The van der Waals surface area contributed by atoms with Crippen LogP contribution in [0.15, 0.2) is 10.5 Å². The summed E-state index contributed by atoms with van der Waals surface area (Å²) in [6.07, 6.45) is 8.00. The van der Waals surface area contributed by atoms with Crippen LogP contribution in [0.4, 0.5) is 0 Å². The Bertz CT molecular complexity index is 271. The molecule has 0 atom stereocenters. The molecule has 15 heavy (non-hydrogen) atoms. The second kappa shape index (κ2) is 9.36. The van der Waals surface area contributed by atoms with Crippen molar-refractivity contribution in [2.75, 3.05) is 0 Å². The third-order valence-electron chi connectivity index (χ3n) is 1.83. The summed E-state index contributed by atoms with van der Waals surface area (Å²) in [6.45, 7) is 10.8. The van der Waals surface area contributed by atoms with Crippen LogP contribution in [0, 0.1) is 19.8 Å². The summed E-state index contributed by atoms with van der Waals surface area (Å²) in [6, 6.07) is 2.04. The standard InChI is InChI=1S/C9H15NO.C2H6.C2H2/c1-6(2)9-4-8(5-10)11-7(9)3;2*1-2/h4,6H,5,10H2,1-3H3;1-2H3;1-2H. The SMILES string of the molecule is C#C.CC.Cc1oc(CN)cc1C(C)C. The maximum absolute atomic E-state index is 5.44. The molecular formula is C13H23NO. The van der Waals surface area contributed by atoms with Gasteiger partial charge in [-0.3, -0.25) is 0 Å². The summed E-state index contributed by atoms with van der Waals surface area (Å²) in [7, 11) is 0. The monoisotopic (exact) mass is 209 g/mol. The van der Waals surface area contributed by atoms with Crippen LogP contribution in [-0.2, 0) is 6.54 Å². The number of nitrogens with two attached hydrogens (primary N) is 1. The minimum Gasteiger partial charge on any atom is -0.465 e. The fraction of sp³-hybridized carbons (Fsp3) is 0.538. The molecule has 86 valence electrons. The van der Waals surface area contributed by atoms with Crippen molar-refractivity contribution >= 4 is 0 Å². The minimum atomic E-state index is 0.494. The second-order valence-corrected chi connectivity index (χ2v) is 3.08. The molecule has 0 saturated heterocycles. The Morgan fingerprint density at radius 1 is 1.33 bits per heavy atom. The lowest BCUT2D eigenvalue weighted by atomic mass is 10.0. The zero-order chi connectivity index (χ0) is 12.4. The van der Waals surface area contributed by atoms with Gasteiger partial charge in [-0.1, -0.05) is 27.7 Å². The van der Waals surface area contributed by atoms with Crippen molar-refractivity contribution in [3.8, 4) is 12.8 Å². The molecule has 0 saturated carbocycles. The molecule has 1 heterocycles. The van der Waals surface area contributed by atoms with Gasteiger partial charge in [0.05, 0.1) is 6.54 Å². The molecule has 0 radical (unpaired) electrons. The summed E-state index contributed by atoms with van der Waals surface area (Å²) >= 11 is 0. The molecule has 0 aliphatic rings. The van der Waals surface area contributed by atoms with Gasteiger partial charge in [0.2, 0.25) is 0 Å². The molecule has 1 aromatic rings. The molecule has 2 N–H and O–H groups in total. The topological polar surface area (TPSA) is 39.2 Å². The van der Waals surface area contributed by atoms with Crippen LogP contribution in [0.5, 0.6) is 0 Å². The first kappa shape index (κ1) is 16.2. The van der Waals surface area contributed by atoms with E-state index in [2.05, 4.69) is 26.7 Å². The molecule has 1 aromatic heterocycles. The quantitative estimate of drug-likeness (QED) is 0.758. The van der Waals surface area contributed by atoms with E-state index in [1.165, 1.54) is 5.56 Å². The van der Waals surface area contributed by atoms with E-state index in [0.29, 0.717) is 12.5 Å². The van der Waals surface area contributed by atoms with Crippen LogP contribution < -0.4 is 5.73 Å². The Hall–Kier alpha value is -1.20. The van der Waals surface area contributed by atoms with Gasteiger partial charge in [0, 0.05) is 0 Å². The van der Waals surface area contributed by atoms with Gasteiger partial charge in [-0.2, -0.15) is 0 Å². The van der Waals surface area contributed by atoms with Crippen LogP contribution in [0.3, 0.4) is 0 Å². The smallest absolute Gasteiger partial charge is 0.118 e. The summed E-state index contributed by atoms with van der Waals surface area (Å²) in [5.41, 5.74) is 6.71. The normalized spacial score (nSPS) is 8.60. The van der Waals surface area contributed by atoms with E-state index in [1.54, 1.807) is 0 Å². The third-order valence-corrected chi connectivity index (χ3v) is 1.83. The van der Waals surface area contributed by atoms with Gasteiger partial charge >= 0.3 is 0 Å².